The lowest BCUT2D eigenvalue weighted by molar-refractivity contribution is -0.138. The number of benzene rings is 2. The number of ether oxygens (including phenoxy) is 1. The highest BCUT2D eigenvalue weighted by atomic mass is 19.4. The predicted molar refractivity (Wildman–Crippen MR) is 67.7 cm³/mol. The quantitative estimate of drug-likeness (QED) is 0.627. The number of ketones is 1. The Labute approximate surface area is 118 Å². The van der Waals surface area contributed by atoms with Crippen molar-refractivity contribution in [3.05, 3.63) is 65.5 Å². The van der Waals surface area contributed by atoms with E-state index in [1.54, 1.807) is 0 Å². The summed E-state index contributed by atoms with van der Waals surface area (Å²) in [6.07, 6.45) is -4.56. The van der Waals surface area contributed by atoms with Crippen molar-refractivity contribution >= 4 is 5.78 Å². The molecule has 0 fully saturated rings. The van der Waals surface area contributed by atoms with Gasteiger partial charge in [-0.05, 0) is 36.4 Å². The van der Waals surface area contributed by atoms with Crippen LogP contribution in [-0.4, -0.2) is 12.4 Å². The van der Waals surface area contributed by atoms with E-state index in [9.17, 15) is 22.4 Å². The van der Waals surface area contributed by atoms with Crippen LogP contribution in [0.3, 0.4) is 0 Å². The number of para-hydroxylation sites is 1. The van der Waals surface area contributed by atoms with Gasteiger partial charge in [0.1, 0.15) is 11.6 Å². The summed E-state index contributed by atoms with van der Waals surface area (Å²) in [5.74, 6) is -1.46. The molecule has 0 amide bonds. The highest BCUT2D eigenvalue weighted by molar-refractivity contribution is 5.97. The van der Waals surface area contributed by atoms with Crippen molar-refractivity contribution in [3.63, 3.8) is 0 Å². The first-order valence-electron chi connectivity index (χ1n) is 5.96. The van der Waals surface area contributed by atoms with E-state index < -0.39 is 35.7 Å². The minimum atomic E-state index is -4.56. The van der Waals surface area contributed by atoms with Crippen molar-refractivity contribution in [2.75, 3.05) is 6.61 Å². The Balaban J connectivity index is 2.10. The summed E-state index contributed by atoms with van der Waals surface area (Å²) in [5, 5.41) is 0. The largest absolute Gasteiger partial charge is 0.485 e. The van der Waals surface area contributed by atoms with E-state index in [0.29, 0.717) is 0 Å². The fourth-order valence-electron chi connectivity index (χ4n) is 1.69. The Morgan fingerprint density at radius 3 is 2.24 bits per heavy atom. The zero-order valence-electron chi connectivity index (χ0n) is 10.7. The Kier molecular flexibility index (Phi) is 4.26. The molecule has 0 N–H and O–H groups in total. The van der Waals surface area contributed by atoms with E-state index in [1.807, 2.05) is 0 Å². The van der Waals surface area contributed by atoms with Gasteiger partial charge in [-0.25, -0.2) is 4.39 Å². The van der Waals surface area contributed by atoms with Crippen molar-refractivity contribution in [2.45, 2.75) is 6.18 Å². The minimum absolute atomic E-state index is 0.167. The maximum absolute atomic E-state index is 12.7. The topological polar surface area (TPSA) is 26.3 Å². The van der Waals surface area contributed by atoms with E-state index in [-0.39, 0.29) is 5.56 Å². The Morgan fingerprint density at radius 1 is 1.00 bits per heavy atom. The van der Waals surface area contributed by atoms with Crippen molar-refractivity contribution in [3.8, 4) is 5.75 Å². The molecule has 6 heteroatoms. The van der Waals surface area contributed by atoms with Gasteiger partial charge in [0.05, 0.1) is 5.56 Å². The summed E-state index contributed by atoms with van der Waals surface area (Å²) in [6, 6.07) is 9.31. The number of hydrogen-bond donors (Lipinski definition) is 0. The Hall–Kier alpha value is -2.37. The van der Waals surface area contributed by atoms with Crippen LogP contribution in [0.4, 0.5) is 17.6 Å². The smallest absolute Gasteiger partial charge is 0.419 e. The van der Waals surface area contributed by atoms with E-state index in [4.69, 9.17) is 4.74 Å². The maximum atomic E-state index is 12.7. The van der Waals surface area contributed by atoms with Crippen molar-refractivity contribution in [1.82, 2.24) is 0 Å². The molecule has 0 aliphatic heterocycles. The number of hydrogen-bond acceptors (Lipinski definition) is 2. The molecule has 0 bridgehead atoms. The zero-order valence-corrected chi connectivity index (χ0v) is 10.7. The van der Waals surface area contributed by atoms with Crippen LogP contribution in [0, 0.1) is 5.82 Å². The molecule has 0 heterocycles. The van der Waals surface area contributed by atoms with E-state index >= 15 is 0 Å². The van der Waals surface area contributed by atoms with E-state index in [0.717, 1.165) is 24.3 Å². The molecule has 0 radical (unpaired) electrons. The second-order valence-corrected chi connectivity index (χ2v) is 4.21. The highest BCUT2D eigenvalue weighted by Crippen LogP contribution is 2.35. The SMILES string of the molecule is O=C(COc1ccccc1C(F)(F)F)c1ccc(F)cc1. The van der Waals surface area contributed by atoms with Gasteiger partial charge < -0.3 is 4.74 Å². The number of alkyl halides is 3. The average molecular weight is 298 g/mol. The number of carbonyl (C=O) groups is 1. The van der Waals surface area contributed by atoms with Gasteiger partial charge in [-0.3, -0.25) is 4.79 Å². The molecule has 2 aromatic rings. The molecule has 2 aromatic carbocycles. The summed E-state index contributed by atoms with van der Waals surface area (Å²) < 4.78 is 55.9. The fourth-order valence-corrected chi connectivity index (χ4v) is 1.69. The normalized spacial score (nSPS) is 11.2. The molecule has 2 nitrogen and oxygen atoms in total. The molecule has 0 aliphatic rings. The third-order valence-electron chi connectivity index (χ3n) is 2.72. The van der Waals surface area contributed by atoms with Crippen LogP contribution in [0.2, 0.25) is 0 Å². The van der Waals surface area contributed by atoms with Crippen LogP contribution >= 0.6 is 0 Å². The molecule has 21 heavy (non-hydrogen) atoms. The molecule has 0 aliphatic carbocycles. The Morgan fingerprint density at radius 2 is 1.62 bits per heavy atom. The first kappa shape index (κ1) is 15.0. The van der Waals surface area contributed by atoms with Gasteiger partial charge in [0.25, 0.3) is 0 Å². The molecule has 0 unspecified atom stereocenters. The summed E-state index contributed by atoms with van der Waals surface area (Å²) in [4.78, 5) is 11.8. The van der Waals surface area contributed by atoms with Crippen LogP contribution in [0.25, 0.3) is 0 Å². The monoisotopic (exact) mass is 298 g/mol. The number of halogens is 4. The number of carbonyl (C=O) groups excluding carboxylic acids is 1. The van der Waals surface area contributed by atoms with Crippen LogP contribution in [-0.2, 0) is 6.18 Å². The molecule has 0 saturated carbocycles. The van der Waals surface area contributed by atoms with Crippen molar-refractivity contribution in [1.29, 1.82) is 0 Å². The molecule has 0 spiro atoms. The third-order valence-corrected chi connectivity index (χ3v) is 2.72. The van der Waals surface area contributed by atoms with E-state index in [2.05, 4.69) is 0 Å². The van der Waals surface area contributed by atoms with Gasteiger partial charge in [-0.15, -0.1) is 0 Å². The zero-order chi connectivity index (χ0) is 15.5. The first-order chi connectivity index (χ1) is 9.88. The van der Waals surface area contributed by atoms with Crippen LogP contribution in [0.15, 0.2) is 48.5 Å². The molecule has 110 valence electrons. The van der Waals surface area contributed by atoms with Crippen LogP contribution < -0.4 is 4.74 Å². The average Bonchev–Trinajstić information content (AvgIpc) is 2.45. The third kappa shape index (κ3) is 3.81. The summed E-state index contributed by atoms with van der Waals surface area (Å²) in [7, 11) is 0. The molecule has 2 rings (SSSR count). The second-order valence-electron chi connectivity index (χ2n) is 4.21. The van der Waals surface area contributed by atoms with Crippen molar-refractivity contribution < 1.29 is 27.1 Å². The Bertz CT molecular complexity index is 633. The summed E-state index contributed by atoms with van der Waals surface area (Å²) >= 11 is 0. The second kappa shape index (κ2) is 5.95. The summed E-state index contributed by atoms with van der Waals surface area (Å²) in [5.41, 5.74) is -0.780. The lowest BCUT2D eigenvalue weighted by Gasteiger charge is -2.13. The van der Waals surface area contributed by atoms with Crippen molar-refractivity contribution in [2.24, 2.45) is 0 Å². The van der Waals surface area contributed by atoms with Crippen LogP contribution in [0.5, 0.6) is 5.75 Å². The molecular weight excluding hydrogens is 288 g/mol. The molecule has 0 atom stereocenters. The fraction of sp³-hybridized carbons (Fsp3) is 0.133. The highest BCUT2D eigenvalue weighted by Gasteiger charge is 2.34. The minimum Gasteiger partial charge on any atom is -0.485 e. The van der Waals surface area contributed by atoms with Gasteiger partial charge in [0.2, 0.25) is 0 Å². The van der Waals surface area contributed by atoms with Gasteiger partial charge in [0, 0.05) is 5.56 Å². The standard InChI is InChI=1S/C15H10F4O2/c16-11-7-5-10(6-8-11)13(20)9-21-14-4-2-1-3-12(14)15(17,18)19/h1-8H,9H2. The number of Topliss-reactive ketones (excluding diaryl/α,β-unsaturated/α-hetero) is 1. The lowest BCUT2D eigenvalue weighted by atomic mass is 10.1. The lowest BCUT2D eigenvalue weighted by Crippen LogP contribution is -2.14. The first-order valence-corrected chi connectivity index (χ1v) is 5.96. The van der Waals surface area contributed by atoms with Gasteiger partial charge in [0.15, 0.2) is 12.4 Å². The summed E-state index contributed by atoms with van der Waals surface area (Å²) in [6.45, 7) is -0.557. The molecular formula is C15H10F4O2. The van der Waals surface area contributed by atoms with Gasteiger partial charge in [-0.1, -0.05) is 12.1 Å². The van der Waals surface area contributed by atoms with Gasteiger partial charge >= 0.3 is 6.18 Å². The molecule has 0 aromatic heterocycles. The predicted octanol–water partition coefficient (Wildman–Crippen LogP) is 4.11. The van der Waals surface area contributed by atoms with Crippen LogP contribution in [0.1, 0.15) is 15.9 Å². The molecule has 0 saturated heterocycles. The number of rotatable bonds is 4. The van der Waals surface area contributed by atoms with E-state index in [1.165, 1.54) is 24.3 Å². The maximum Gasteiger partial charge on any atom is 0.419 e. The van der Waals surface area contributed by atoms with Gasteiger partial charge in [-0.2, -0.15) is 13.2 Å².